The van der Waals surface area contributed by atoms with Crippen molar-refractivity contribution < 1.29 is 44.6 Å². The Morgan fingerprint density at radius 3 is 1.50 bits per heavy atom. The molecular formula is C23H38NNaO3. The van der Waals surface area contributed by atoms with Crippen molar-refractivity contribution >= 4 is 11.7 Å². The molecule has 4 nitrogen and oxygen atoms in total. The van der Waals surface area contributed by atoms with Gasteiger partial charge in [-0.15, -0.1) is 0 Å². The van der Waals surface area contributed by atoms with Gasteiger partial charge in [-0.1, -0.05) is 89.2 Å². The number of aliphatic hydroxyl groups excluding tert-OH is 1. The Bertz CT molecular complexity index is 479. The molecule has 0 saturated heterocycles. The van der Waals surface area contributed by atoms with Crippen molar-refractivity contribution in [3.05, 3.63) is 29.8 Å². The van der Waals surface area contributed by atoms with E-state index in [1.165, 1.54) is 77.0 Å². The van der Waals surface area contributed by atoms with E-state index in [4.69, 9.17) is 5.11 Å². The van der Waals surface area contributed by atoms with Gasteiger partial charge >= 0.3 is 29.6 Å². The number of aliphatic hydroxyl groups is 1. The maximum Gasteiger partial charge on any atom is 1.00 e. The molecule has 0 aromatic heterocycles. The van der Waals surface area contributed by atoms with Crippen LogP contribution in [0.3, 0.4) is 0 Å². The van der Waals surface area contributed by atoms with Crippen LogP contribution in [0.2, 0.25) is 0 Å². The van der Waals surface area contributed by atoms with Gasteiger partial charge in [0.15, 0.2) is 0 Å². The van der Waals surface area contributed by atoms with E-state index in [0.29, 0.717) is 6.61 Å². The van der Waals surface area contributed by atoms with Gasteiger partial charge < -0.3 is 20.3 Å². The van der Waals surface area contributed by atoms with Gasteiger partial charge in [0.25, 0.3) is 0 Å². The summed E-state index contributed by atoms with van der Waals surface area (Å²) >= 11 is 0. The SMILES string of the molecule is O=C([O-])c1ccc(NCCCCCCCCCCCCCCCCO)cc1.[Na+]. The third-order valence-electron chi connectivity index (χ3n) is 5.03. The van der Waals surface area contributed by atoms with Gasteiger partial charge in [-0.3, -0.25) is 0 Å². The van der Waals surface area contributed by atoms with Crippen molar-refractivity contribution in [1.82, 2.24) is 0 Å². The van der Waals surface area contributed by atoms with Gasteiger partial charge in [0.1, 0.15) is 0 Å². The van der Waals surface area contributed by atoms with Crippen LogP contribution in [0.4, 0.5) is 5.69 Å². The van der Waals surface area contributed by atoms with Crippen LogP contribution in [0.15, 0.2) is 24.3 Å². The molecule has 0 heterocycles. The number of hydrogen-bond donors (Lipinski definition) is 2. The van der Waals surface area contributed by atoms with E-state index < -0.39 is 5.97 Å². The molecule has 154 valence electrons. The molecule has 5 heteroatoms. The van der Waals surface area contributed by atoms with Crippen LogP contribution in [0, 0.1) is 0 Å². The molecule has 0 radical (unpaired) electrons. The maximum atomic E-state index is 10.7. The predicted molar refractivity (Wildman–Crippen MR) is 111 cm³/mol. The first kappa shape index (κ1) is 27.5. The molecular weight excluding hydrogens is 361 g/mol. The van der Waals surface area contributed by atoms with Gasteiger partial charge in [0.2, 0.25) is 0 Å². The van der Waals surface area contributed by atoms with Crippen molar-refractivity contribution in [1.29, 1.82) is 0 Å². The van der Waals surface area contributed by atoms with Crippen LogP contribution >= 0.6 is 0 Å². The summed E-state index contributed by atoms with van der Waals surface area (Å²) in [6, 6.07) is 6.74. The minimum Gasteiger partial charge on any atom is -0.545 e. The summed E-state index contributed by atoms with van der Waals surface area (Å²) in [5.41, 5.74) is 1.19. The van der Waals surface area contributed by atoms with E-state index in [0.717, 1.165) is 25.1 Å². The summed E-state index contributed by atoms with van der Waals surface area (Å²) in [4.78, 5) is 10.7. The average molecular weight is 400 g/mol. The Kier molecular flexibility index (Phi) is 19.4. The first-order valence-electron chi connectivity index (χ1n) is 10.9. The molecule has 0 aliphatic rings. The number of hydrogen-bond acceptors (Lipinski definition) is 4. The molecule has 0 spiro atoms. The van der Waals surface area contributed by atoms with E-state index in [9.17, 15) is 9.90 Å². The molecule has 0 atom stereocenters. The second kappa shape index (κ2) is 19.8. The fraction of sp³-hybridized carbons (Fsp3) is 0.696. The van der Waals surface area contributed by atoms with E-state index >= 15 is 0 Å². The van der Waals surface area contributed by atoms with Gasteiger partial charge in [-0.05, 0) is 30.5 Å². The Morgan fingerprint density at radius 2 is 1.11 bits per heavy atom. The Balaban J connectivity index is 0.00000729. The number of benzene rings is 1. The van der Waals surface area contributed by atoms with Gasteiger partial charge in [0.05, 0.1) is 5.97 Å². The number of carboxylic acid groups (broad SMARTS) is 1. The molecule has 1 aromatic carbocycles. The first-order chi connectivity index (χ1) is 13.2. The largest absolute Gasteiger partial charge is 1.00 e. The molecule has 0 fully saturated rings. The zero-order chi connectivity index (χ0) is 19.6. The number of carbonyl (C=O) groups is 1. The third kappa shape index (κ3) is 15.4. The van der Waals surface area contributed by atoms with Crippen LogP contribution in [0.25, 0.3) is 0 Å². The standard InChI is InChI=1S/C23H39NO3.Na/c25-20-14-12-10-8-6-4-2-1-3-5-7-9-11-13-19-24-22-17-15-21(16-18-22)23(26)27;/h15-18,24-25H,1-14,19-20H2,(H,26,27);/q;+1/p-1. The number of carbonyl (C=O) groups excluding carboxylic acids is 1. The van der Waals surface area contributed by atoms with Crippen molar-refractivity contribution in [2.24, 2.45) is 0 Å². The van der Waals surface area contributed by atoms with Crippen molar-refractivity contribution in [2.75, 3.05) is 18.5 Å². The quantitative estimate of drug-likeness (QED) is 0.292. The summed E-state index contributed by atoms with van der Waals surface area (Å²) in [5, 5.41) is 22.7. The molecule has 1 rings (SSSR count). The van der Waals surface area contributed by atoms with Crippen molar-refractivity contribution in [3.63, 3.8) is 0 Å². The topological polar surface area (TPSA) is 72.4 Å². The van der Waals surface area contributed by atoms with Gasteiger partial charge in [-0.25, -0.2) is 0 Å². The van der Waals surface area contributed by atoms with Crippen LogP contribution in [-0.2, 0) is 0 Å². The molecule has 0 unspecified atom stereocenters. The van der Waals surface area contributed by atoms with E-state index in [1.54, 1.807) is 24.3 Å². The van der Waals surface area contributed by atoms with E-state index in [2.05, 4.69) is 5.32 Å². The fourth-order valence-corrected chi connectivity index (χ4v) is 3.32. The van der Waals surface area contributed by atoms with Crippen LogP contribution in [0.5, 0.6) is 0 Å². The zero-order valence-electron chi connectivity index (χ0n) is 17.9. The second-order valence-corrected chi connectivity index (χ2v) is 7.46. The second-order valence-electron chi connectivity index (χ2n) is 7.46. The number of aromatic carboxylic acids is 1. The van der Waals surface area contributed by atoms with Crippen LogP contribution in [0.1, 0.15) is 100 Å². The third-order valence-corrected chi connectivity index (χ3v) is 5.03. The van der Waals surface area contributed by atoms with Crippen molar-refractivity contribution in [3.8, 4) is 0 Å². The van der Waals surface area contributed by atoms with Gasteiger partial charge in [0, 0.05) is 18.8 Å². The minimum absolute atomic E-state index is 0. The molecule has 28 heavy (non-hydrogen) atoms. The molecule has 0 aliphatic carbocycles. The van der Waals surface area contributed by atoms with Crippen LogP contribution in [-0.4, -0.2) is 24.2 Å². The number of carboxylic acids is 1. The first-order valence-corrected chi connectivity index (χ1v) is 10.9. The zero-order valence-corrected chi connectivity index (χ0v) is 19.9. The summed E-state index contributed by atoms with van der Waals surface area (Å²) in [6.45, 7) is 1.28. The monoisotopic (exact) mass is 399 g/mol. The summed E-state index contributed by atoms with van der Waals surface area (Å²) in [7, 11) is 0. The molecule has 1 aromatic rings. The average Bonchev–Trinajstić information content (AvgIpc) is 2.68. The predicted octanol–water partition coefficient (Wildman–Crippen LogP) is 1.92. The van der Waals surface area contributed by atoms with Gasteiger partial charge in [-0.2, -0.15) is 0 Å². The molecule has 2 N–H and O–H groups in total. The Morgan fingerprint density at radius 1 is 0.714 bits per heavy atom. The number of anilines is 1. The van der Waals surface area contributed by atoms with E-state index in [1.807, 2.05) is 0 Å². The summed E-state index contributed by atoms with van der Waals surface area (Å²) in [5.74, 6) is -1.13. The number of rotatable bonds is 18. The Hall–Kier alpha value is -0.550. The molecule has 0 bridgehead atoms. The molecule has 0 aliphatic heterocycles. The molecule has 0 saturated carbocycles. The summed E-state index contributed by atoms with van der Waals surface area (Å²) < 4.78 is 0. The van der Waals surface area contributed by atoms with Crippen molar-refractivity contribution in [2.45, 2.75) is 89.9 Å². The Labute approximate surface area is 193 Å². The maximum absolute atomic E-state index is 10.7. The smallest absolute Gasteiger partial charge is 0.545 e. The fourth-order valence-electron chi connectivity index (χ4n) is 3.32. The van der Waals surface area contributed by atoms with Crippen LogP contribution < -0.4 is 40.0 Å². The number of nitrogens with one attached hydrogen (secondary N) is 1. The normalized spacial score (nSPS) is 10.5. The minimum atomic E-state index is -1.13. The number of unbranched alkanes of at least 4 members (excludes halogenated alkanes) is 13. The summed E-state index contributed by atoms with van der Waals surface area (Å²) in [6.07, 6.45) is 18.0. The van der Waals surface area contributed by atoms with E-state index in [-0.39, 0.29) is 35.1 Å². The molecule has 0 amide bonds.